The van der Waals surface area contributed by atoms with Gasteiger partial charge < -0.3 is 5.73 Å². The molecular formula is C13H16N2O2. The summed E-state index contributed by atoms with van der Waals surface area (Å²) in [7, 11) is 0. The number of hydrogen-bond acceptors (Lipinski definition) is 3. The van der Waals surface area contributed by atoms with E-state index in [1.807, 2.05) is 19.1 Å². The maximum absolute atomic E-state index is 11.5. The molecule has 1 atom stereocenters. The first-order chi connectivity index (χ1) is 8.08. The fourth-order valence-electron chi connectivity index (χ4n) is 2.02. The molecule has 2 N–H and O–H groups in total. The van der Waals surface area contributed by atoms with Gasteiger partial charge in [0, 0.05) is 18.9 Å². The van der Waals surface area contributed by atoms with Crippen LogP contribution in [0.15, 0.2) is 24.3 Å². The lowest BCUT2D eigenvalue weighted by molar-refractivity contribution is -0.121. The molecule has 0 aromatic heterocycles. The molecule has 1 aromatic carbocycles. The quantitative estimate of drug-likeness (QED) is 0.797. The van der Waals surface area contributed by atoms with Crippen molar-refractivity contribution in [1.82, 2.24) is 0 Å². The summed E-state index contributed by atoms with van der Waals surface area (Å²) in [5, 5.41) is 0. The van der Waals surface area contributed by atoms with Crippen LogP contribution in [0.4, 0.5) is 5.69 Å². The Morgan fingerprint density at radius 3 is 2.18 bits per heavy atom. The average Bonchev–Trinajstić information content (AvgIpc) is 2.59. The standard InChI is InChI=1S/C13H16N2O2/c1-9(14)8-10-2-4-11(5-3-10)15-12(16)6-7-13(15)17/h2-5,9H,6-8,14H2,1H3/t9-/m1/s1. The Hall–Kier alpha value is -1.68. The van der Waals surface area contributed by atoms with Gasteiger partial charge in [0.05, 0.1) is 5.69 Å². The van der Waals surface area contributed by atoms with E-state index in [0.717, 1.165) is 12.0 Å². The van der Waals surface area contributed by atoms with Crippen molar-refractivity contribution in [3.05, 3.63) is 29.8 Å². The Labute approximate surface area is 100 Å². The number of nitrogens with two attached hydrogens (primary N) is 1. The van der Waals surface area contributed by atoms with Crippen molar-refractivity contribution in [3.8, 4) is 0 Å². The van der Waals surface area contributed by atoms with Gasteiger partial charge in [0.2, 0.25) is 11.8 Å². The van der Waals surface area contributed by atoms with Crippen LogP contribution in [0.2, 0.25) is 0 Å². The summed E-state index contributed by atoms with van der Waals surface area (Å²) < 4.78 is 0. The van der Waals surface area contributed by atoms with Gasteiger partial charge in [0.15, 0.2) is 0 Å². The first-order valence-corrected chi connectivity index (χ1v) is 5.78. The van der Waals surface area contributed by atoms with Gasteiger partial charge in [0.25, 0.3) is 0 Å². The summed E-state index contributed by atoms with van der Waals surface area (Å²) >= 11 is 0. The van der Waals surface area contributed by atoms with Crippen molar-refractivity contribution in [2.75, 3.05) is 4.90 Å². The lowest BCUT2D eigenvalue weighted by Crippen LogP contribution is -2.28. The van der Waals surface area contributed by atoms with E-state index in [-0.39, 0.29) is 17.9 Å². The second-order valence-corrected chi connectivity index (χ2v) is 4.47. The van der Waals surface area contributed by atoms with Crippen LogP contribution in [0, 0.1) is 0 Å². The average molecular weight is 232 g/mol. The zero-order chi connectivity index (χ0) is 12.4. The van der Waals surface area contributed by atoms with Crippen LogP contribution in [0.5, 0.6) is 0 Å². The number of carbonyl (C=O) groups is 2. The largest absolute Gasteiger partial charge is 0.328 e. The molecule has 1 aliphatic rings. The normalized spacial score (nSPS) is 17.6. The summed E-state index contributed by atoms with van der Waals surface area (Å²) in [6.07, 6.45) is 1.43. The lowest BCUT2D eigenvalue weighted by Gasteiger charge is -2.14. The molecule has 1 aliphatic heterocycles. The van der Waals surface area contributed by atoms with Crippen LogP contribution >= 0.6 is 0 Å². The maximum Gasteiger partial charge on any atom is 0.234 e. The Morgan fingerprint density at radius 1 is 1.18 bits per heavy atom. The zero-order valence-corrected chi connectivity index (χ0v) is 9.85. The second kappa shape index (κ2) is 4.67. The Kier molecular flexibility index (Phi) is 3.24. The predicted molar refractivity (Wildman–Crippen MR) is 65.5 cm³/mol. The van der Waals surface area contributed by atoms with Gasteiger partial charge in [-0.2, -0.15) is 0 Å². The molecule has 4 heteroatoms. The smallest absolute Gasteiger partial charge is 0.234 e. The number of nitrogens with zero attached hydrogens (tertiary/aromatic N) is 1. The second-order valence-electron chi connectivity index (χ2n) is 4.47. The number of amides is 2. The number of imide groups is 1. The Bertz CT molecular complexity index is 421. The number of carbonyl (C=O) groups excluding carboxylic acids is 2. The highest BCUT2D eigenvalue weighted by Crippen LogP contribution is 2.22. The zero-order valence-electron chi connectivity index (χ0n) is 9.85. The van der Waals surface area contributed by atoms with Crippen LogP contribution in [-0.4, -0.2) is 17.9 Å². The maximum atomic E-state index is 11.5. The van der Waals surface area contributed by atoms with Crippen molar-refractivity contribution >= 4 is 17.5 Å². The third-order valence-electron chi connectivity index (χ3n) is 2.80. The summed E-state index contributed by atoms with van der Waals surface area (Å²) in [5.41, 5.74) is 7.48. The molecule has 4 nitrogen and oxygen atoms in total. The number of rotatable bonds is 3. The third kappa shape index (κ3) is 2.53. The van der Waals surface area contributed by atoms with Gasteiger partial charge in [0.1, 0.15) is 0 Å². The highest BCUT2D eigenvalue weighted by molar-refractivity contribution is 6.19. The van der Waals surface area contributed by atoms with Gasteiger partial charge >= 0.3 is 0 Å². The molecule has 0 spiro atoms. The molecule has 0 radical (unpaired) electrons. The van der Waals surface area contributed by atoms with Crippen LogP contribution in [0.3, 0.4) is 0 Å². The summed E-state index contributed by atoms with van der Waals surface area (Å²) in [6.45, 7) is 1.95. The number of benzene rings is 1. The van der Waals surface area contributed by atoms with Crippen molar-refractivity contribution < 1.29 is 9.59 Å². The minimum atomic E-state index is -0.116. The SMILES string of the molecule is C[C@@H](N)Cc1ccc(N2C(=O)CCC2=O)cc1. The molecule has 0 saturated carbocycles. The van der Waals surface area contributed by atoms with E-state index in [9.17, 15) is 9.59 Å². The highest BCUT2D eigenvalue weighted by atomic mass is 16.2. The minimum absolute atomic E-state index is 0.107. The van der Waals surface area contributed by atoms with Crippen LogP contribution in [0.25, 0.3) is 0 Å². The summed E-state index contributed by atoms with van der Waals surface area (Å²) in [5.74, 6) is -0.232. The molecule has 1 aromatic rings. The molecule has 1 heterocycles. The van der Waals surface area contributed by atoms with E-state index in [2.05, 4.69) is 0 Å². The molecule has 0 unspecified atom stereocenters. The highest BCUT2D eigenvalue weighted by Gasteiger charge is 2.29. The van der Waals surface area contributed by atoms with Crippen molar-refractivity contribution in [2.45, 2.75) is 32.2 Å². The predicted octanol–water partition coefficient (Wildman–Crippen LogP) is 1.23. The monoisotopic (exact) mass is 232 g/mol. The van der Waals surface area contributed by atoms with Crippen molar-refractivity contribution in [1.29, 1.82) is 0 Å². The van der Waals surface area contributed by atoms with Gasteiger partial charge in [-0.25, -0.2) is 0 Å². The summed E-state index contributed by atoms with van der Waals surface area (Å²) in [4.78, 5) is 24.3. The molecule has 0 bridgehead atoms. The molecule has 90 valence electrons. The molecule has 0 aliphatic carbocycles. The fourth-order valence-corrected chi connectivity index (χ4v) is 2.02. The molecular weight excluding hydrogens is 216 g/mol. The fraction of sp³-hybridized carbons (Fsp3) is 0.385. The van der Waals surface area contributed by atoms with E-state index in [1.165, 1.54) is 4.90 Å². The molecule has 17 heavy (non-hydrogen) atoms. The van der Waals surface area contributed by atoms with Crippen LogP contribution in [0.1, 0.15) is 25.3 Å². The number of hydrogen-bond donors (Lipinski definition) is 1. The van der Waals surface area contributed by atoms with Gasteiger partial charge in [-0.3, -0.25) is 14.5 Å². The van der Waals surface area contributed by atoms with Gasteiger partial charge in [-0.05, 0) is 31.0 Å². The van der Waals surface area contributed by atoms with E-state index >= 15 is 0 Å². The van der Waals surface area contributed by atoms with Crippen LogP contribution in [-0.2, 0) is 16.0 Å². The lowest BCUT2D eigenvalue weighted by atomic mass is 10.1. The van der Waals surface area contributed by atoms with Crippen molar-refractivity contribution in [3.63, 3.8) is 0 Å². The van der Waals surface area contributed by atoms with E-state index in [1.54, 1.807) is 12.1 Å². The van der Waals surface area contributed by atoms with Gasteiger partial charge in [-0.1, -0.05) is 12.1 Å². The minimum Gasteiger partial charge on any atom is -0.328 e. The van der Waals surface area contributed by atoms with Crippen LogP contribution < -0.4 is 10.6 Å². The van der Waals surface area contributed by atoms with E-state index in [0.29, 0.717) is 18.5 Å². The van der Waals surface area contributed by atoms with E-state index in [4.69, 9.17) is 5.73 Å². The summed E-state index contributed by atoms with van der Waals surface area (Å²) in [6, 6.07) is 7.54. The molecule has 2 amide bonds. The van der Waals surface area contributed by atoms with Crippen molar-refractivity contribution in [2.24, 2.45) is 5.73 Å². The first-order valence-electron chi connectivity index (χ1n) is 5.78. The van der Waals surface area contributed by atoms with Gasteiger partial charge in [-0.15, -0.1) is 0 Å². The molecule has 2 rings (SSSR count). The number of anilines is 1. The Morgan fingerprint density at radius 2 is 1.71 bits per heavy atom. The van der Waals surface area contributed by atoms with E-state index < -0.39 is 0 Å². The third-order valence-corrected chi connectivity index (χ3v) is 2.80. The molecule has 1 saturated heterocycles. The first kappa shape index (κ1) is 11.8. The topological polar surface area (TPSA) is 63.4 Å². The Balaban J connectivity index is 2.17. The molecule has 1 fully saturated rings.